The molecule has 1 amide bonds. The molecule has 1 aromatic rings. The molecule has 0 radical (unpaired) electrons. The summed E-state index contributed by atoms with van der Waals surface area (Å²) in [6.07, 6.45) is 2.15. The van der Waals surface area contributed by atoms with Gasteiger partial charge in [0, 0.05) is 13.0 Å². The van der Waals surface area contributed by atoms with Crippen molar-refractivity contribution in [3.63, 3.8) is 0 Å². The summed E-state index contributed by atoms with van der Waals surface area (Å²) in [5, 5.41) is 0. The zero-order chi connectivity index (χ0) is 15.0. The van der Waals surface area contributed by atoms with E-state index in [0.29, 0.717) is 25.9 Å². The van der Waals surface area contributed by atoms with Gasteiger partial charge in [-0.1, -0.05) is 12.1 Å². The molecular weight excluding hydrogens is 278 g/mol. The lowest BCUT2D eigenvalue weighted by Gasteiger charge is -2.07. The Labute approximate surface area is 119 Å². The topological polar surface area (TPSA) is 115 Å². The lowest BCUT2D eigenvalue weighted by Crippen LogP contribution is -2.25. The molecular formula is C13H21N3O3S. The van der Waals surface area contributed by atoms with Crippen LogP contribution in [0.2, 0.25) is 0 Å². The van der Waals surface area contributed by atoms with E-state index in [-0.39, 0.29) is 17.2 Å². The number of rotatable bonds is 9. The van der Waals surface area contributed by atoms with Crippen molar-refractivity contribution >= 4 is 15.9 Å². The predicted octanol–water partition coefficient (Wildman–Crippen LogP) is 0.122. The Morgan fingerprint density at radius 2 is 1.80 bits per heavy atom. The summed E-state index contributed by atoms with van der Waals surface area (Å²) < 4.78 is 26.4. The second-order valence-electron chi connectivity index (χ2n) is 4.50. The van der Waals surface area contributed by atoms with Gasteiger partial charge in [0.2, 0.25) is 15.9 Å². The highest BCUT2D eigenvalue weighted by Crippen LogP contribution is 2.11. The van der Waals surface area contributed by atoms with E-state index in [1.807, 2.05) is 0 Å². The Bertz CT molecular complexity index is 526. The fourth-order valence-corrected chi connectivity index (χ4v) is 2.79. The quantitative estimate of drug-likeness (QED) is 0.562. The van der Waals surface area contributed by atoms with E-state index in [2.05, 4.69) is 4.72 Å². The number of benzene rings is 1. The Hall–Kier alpha value is -1.44. The van der Waals surface area contributed by atoms with Gasteiger partial charge in [0.05, 0.1) is 4.90 Å². The summed E-state index contributed by atoms with van der Waals surface area (Å²) >= 11 is 0. The van der Waals surface area contributed by atoms with Crippen molar-refractivity contribution in [1.82, 2.24) is 4.72 Å². The number of hydrogen-bond donors (Lipinski definition) is 3. The molecule has 112 valence electrons. The van der Waals surface area contributed by atoms with Gasteiger partial charge in [-0.05, 0) is 43.5 Å². The van der Waals surface area contributed by atoms with Crippen LogP contribution in [0, 0.1) is 0 Å². The van der Waals surface area contributed by atoms with E-state index < -0.39 is 10.0 Å². The SMILES string of the molecule is NCCc1ccc(S(=O)(=O)NCCCCC(N)=O)cc1. The molecule has 0 atom stereocenters. The minimum absolute atomic E-state index is 0.230. The smallest absolute Gasteiger partial charge is 0.240 e. The number of hydrogen-bond acceptors (Lipinski definition) is 4. The first-order valence-corrected chi connectivity index (χ1v) is 8.01. The minimum Gasteiger partial charge on any atom is -0.370 e. The molecule has 0 aliphatic heterocycles. The first-order valence-electron chi connectivity index (χ1n) is 6.52. The van der Waals surface area contributed by atoms with Crippen molar-refractivity contribution < 1.29 is 13.2 Å². The predicted molar refractivity (Wildman–Crippen MR) is 77.4 cm³/mol. The maximum Gasteiger partial charge on any atom is 0.240 e. The fraction of sp³-hybridized carbons (Fsp3) is 0.462. The molecule has 0 spiro atoms. The van der Waals surface area contributed by atoms with Crippen LogP contribution in [0.3, 0.4) is 0 Å². The second-order valence-corrected chi connectivity index (χ2v) is 6.27. The third kappa shape index (κ3) is 5.68. The van der Waals surface area contributed by atoms with Crippen molar-refractivity contribution in [3.8, 4) is 0 Å². The number of nitrogens with one attached hydrogen (secondary N) is 1. The van der Waals surface area contributed by atoms with Crippen LogP contribution in [-0.2, 0) is 21.2 Å². The number of nitrogens with two attached hydrogens (primary N) is 2. The normalized spacial score (nSPS) is 11.4. The van der Waals surface area contributed by atoms with Gasteiger partial charge in [-0.25, -0.2) is 13.1 Å². The summed E-state index contributed by atoms with van der Waals surface area (Å²) in [5.41, 5.74) is 11.4. The molecule has 0 aliphatic carbocycles. The van der Waals surface area contributed by atoms with Crippen LogP contribution in [-0.4, -0.2) is 27.4 Å². The number of unbranched alkanes of at least 4 members (excludes halogenated alkanes) is 1. The van der Waals surface area contributed by atoms with Crippen molar-refractivity contribution in [1.29, 1.82) is 0 Å². The number of sulfonamides is 1. The average Bonchev–Trinajstić information content (AvgIpc) is 2.39. The summed E-state index contributed by atoms with van der Waals surface area (Å²) in [5.74, 6) is -0.372. The molecule has 1 aromatic carbocycles. The van der Waals surface area contributed by atoms with Crippen LogP contribution in [0.5, 0.6) is 0 Å². The Morgan fingerprint density at radius 1 is 1.15 bits per heavy atom. The third-order valence-electron chi connectivity index (χ3n) is 2.81. The molecule has 0 unspecified atom stereocenters. The molecule has 0 aromatic heterocycles. The van der Waals surface area contributed by atoms with Gasteiger partial charge in [-0.15, -0.1) is 0 Å². The Kier molecular flexibility index (Phi) is 6.63. The first kappa shape index (κ1) is 16.6. The molecule has 0 fully saturated rings. The summed E-state index contributed by atoms with van der Waals surface area (Å²) in [6.45, 7) is 0.824. The van der Waals surface area contributed by atoms with Crippen LogP contribution in [0.1, 0.15) is 24.8 Å². The fourth-order valence-electron chi connectivity index (χ4n) is 1.72. The lowest BCUT2D eigenvalue weighted by molar-refractivity contribution is -0.118. The maximum atomic E-state index is 12.0. The molecule has 0 heterocycles. The van der Waals surface area contributed by atoms with E-state index in [9.17, 15) is 13.2 Å². The molecule has 20 heavy (non-hydrogen) atoms. The van der Waals surface area contributed by atoms with Gasteiger partial charge in [0.25, 0.3) is 0 Å². The monoisotopic (exact) mass is 299 g/mol. The van der Waals surface area contributed by atoms with Crippen molar-refractivity contribution in [3.05, 3.63) is 29.8 Å². The third-order valence-corrected chi connectivity index (χ3v) is 4.29. The second kappa shape index (κ2) is 7.98. The van der Waals surface area contributed by atoms with Crippen LogP contribution in [0.4, 0.5) is 0 Å². The first-order chi connectivity index (χ1) is 9.45. The molecule has 0 saturated heterocycles. The van der Waals surface area contributed by atoms with Crippen molar-refractivity contribution in [2.24, 2.45) is 11.5 Å². The van der Waals surface area contributed by atoms with Crippen LogP contribution in [0.15, 0.2) is 29.2 Å². The molecule has 6 nitrogen and oxygen atoms in total. The van der Waals surface area contributed by atoms with Crippen molar-refractivity contribution in [2.45, 2.75) is 30.6 Å². The molecule has 0 bridgehead atoms. The molecule has 0 aliphatic rings. The highest BCUT2D eigenvalue weighted by atomic mass is 32.2. The highest BCUT2D eigenvalue weighted by molar-refractivity contribution is 7.89. The van der Waals surface area contributed by atoms with Crippen LogP contribution in [0.25, 0.3) is 0 Å². The highest BCUT2D eigenvalue weighted by Gasteiger charge is 2.12. The molecule has 7 heteroatoms. The Morgan fingerprint density at radius 3 is 2.35 bits per heavy atom. The van der Waals surface area contributed by atoms with Crippen LogP contribution < -0.4 is 16.2 Å². The summed E-state index contributed by atoms with van der Waals surface area (Å²) in [4.78, 5) is 10.8. The van der Waals surface area contributed by atoms with Gasteiger partial charge < -0.3 is 11.5 Å². The van der Waals surface area contributed by atoms with Crippen molar-refractivity contribution in [2.75, 3.05) is 13.1 Å². The summed E-state index contributed by atoms with van der Waals surface area (Å²) in [6, 6.07) is 6.65. The number of carbonyl (C=O) groups is 1. The zero-order valence-corrected chi connectivity index (χ0v) is 12.2. The van der Waals surface area contributed by atoms with Gasteiger partial charge in [0.15, 0.2) is 0 Å². The minimum atomic E-state index is -3.49. The van der Waals surface area contributed by atoms with Crippen LogP contribution >= 0.6 is 0 Å². The molecule has 1 rings (SSSR count). The van der Waals surface area contributed by atoms with E-state index >= 15 is 0 Å². The standard InChI is InChI=1S/C13H21N3O3S/c14-9-8-11-4-6-12(7-5-11)20(18,19)16-10-2-1-3-13(15)17/h4-7,16H,1-3,8-10,14H2,(H2,15,17). The van der Waals surface area contributed by atoms with E-state index in [1.54, 1.807) is 24.3 Å². The zero-order valence-electron chi connectivity index (χ0n) is 11.3. The maximum absolute atomic E-state index is 12.0. The molecule has 0 saturated carbocycles. The van der Waals surface area contributed by atoms with Gasteiger partial charge in [0.1, 0.15) is 0 Å². The summed E-state index contributed by atoms with van der Waals surface area (Å²) in [7, 11) is -3.49. The lowest BCUT2D eigenvalue weighted by atomic mass is 10.2. The van der Waals surface area contributed by atoms with E-state index in [1.165, 1.54) is 0 Å². The van der Waals surface area contributed by atoms with E-state index in [4.69, 9.17) is 11.5 Å². The Balaban J connectivity index is 2.49. The van der Waals surface area contributed by atoms with E-state index in [0.717, 1.165) is 12.0 Å². The number of primary amides is 1. The van der Waals surface area contributed by atoms with Gasteiger partial charge in [-0.2, -0.15) is 0 Å². The number of carbonyl (C=O) groups excluding carboxylic acids is 1. The van der Waals surface area contributed by atoms with Gasteiger partial charge >= 0.3 is 0 Å². The largest absolute Gasteiger partial charge is 0.370 e. The number of amides is 1. The average molecular weight is 299 g/mol. The molecule has 5 N–H and O–H groups in total. The van der Waals surface area contributed by atoms with Gasteiger partial charge in [-0.3, -0.25) is 4.79 Å².